The third-order valence-corrected chi connectivity index (χ3v) is 5.92. The van der Waals surface area contributed by atoms with E-state index in [-0.39, 0.29) is 0 Å². The Labute approximate surface area is 134 Å². The lowest BCUT2D eigenvalue weighted by atomic mass is 9.62. The Morgan fingerprint density at radius 3 is 2.36 bits per heavy atom. The zero-order chi connectivity index (χ0) is 14.8. The van der Waals surface area contributed by atoms with Gasteiger partial charge in [0.25, 0.3) is 0 Å². The van der Waals surface area contributed by atoms with Crippen LogP contribution in [0.5, 0.6) is 0 Å². The molecule has 2 aromatic rings. The molecule has 0 N–H and O–H groups in total. The first kappa shape index (κ1) is 14.1. The molecule has 1 fully saturated rings. The zero-order valence-electron chi connectivity index (χ0n) is 13.5. The van der Waals surface area contributed by atoms with Crippen LogP contribution in [-0.4, -0.2) is 0 Å². The molecule has 2 aromatic carbocycles. The summed E-state index contributed by atoms with van der Waals surface area (Å²) in [5, 5.41) is 2.89. The quantitative estimate of drug-likeness (QED) is 0.551. The van der Waals surface area contributed by atoms with Crippen LogP contribution in [0.4, 0.5) is 0 Å². The van der Waals surface area contributed by atoms with Gasteiger partial charge in [0, 0.05) is 5.41 Å². The van der Waals surface area contributed by atoms with Crippen LogP contribution >= 0.6 is 0 Å². The molecule has 114 valence electrons. The van der Waals surface area contributed by atoms with Crippen LogP contribution in [0.3, 0.4) is 0 Å². The molecule has 0 spiro atoms. The average molecular weight is 290 g/mol. The predicted octanol–water partition coefficient (Wildman–Crippen LogP) is 6.54. The Morgan fingerprint density at radius 1 is 0.727 bits per heavy atom. The molecule has 2 aliphatic rings. The van der Waals surface area contributed by atoms with Crippen molar-refractivity contribution in [2.75, 3.05) is 0 Å². The number of hydrogen-bond donors (Lipinski definition) is 0. The summed E-state index contributed by atoms with van der Waals surface area (Å²) in [7, 11) is 0. The maximum Gasteiger partial charge on any atom is 0.0168 e. The molecule has 0 heterocycles. The van der Waals surface area contributed by atoms with Gasteiger partial charge < -0.3 is 0 Å². The van der Waals surface area contributed by atoms with Crippen molar-refractivity contribution in [3.8, 4) is 0 Å². The molecule has 0 saturated heterocycles. The fourth-order valence-corrected chi connectivity index (χ4v) is 4.83. The van der Waals surface area contributed by atoms with Gasteiger partial charge >= 0.3 is 0 Å². The van der Waals surface area contributed by atoms with Crippen LogP contribution in [0.25, 0.3) is 10.8 Å². The monoisotopic (exact) mass is 290 g/mol. The summed E-state index contributed by atoms with van der Waals surface area (Å²) in [6.45, 7) is 0. The molecule has 0 nitrogen and oxygen atoms in total. The molecule has 0 unspecified atom stereocenters. The molecule has 0 aromatic heterocycles. The van der Waals surface area contributed by atoms with E-state index in [4.69, 9.17) is 0 Å². The summed E-state index contributed by atoms with van der Waals surface area (Å²) in [5.74, 6) is 0. The SMILES string of the molecule is C1=C(C2(c3cccc4ccccc34)CCCCC2)CCCC1. The van der Waals surface area contributed by atoms with E-state index in [0.29, 0.717) is 5.41 Å². The van der Waals surface area contributed by atoms with Crippen molar-refractivity contribution >= 4 is 10.8 Å². The highest BCUT2D eigenvalue weighted by Gasteiger charge is 2.38. The van der Waals surface area contributed by atoms with Crippen LogP contribution in [0, 0.1) is 0 Å². The van der Waals surface area contributed by atoms with Gasteiger partial charge in [-0.2, -0.15) is 0 Å². The highest BCUT2D eigenvalue weighted by Crippen LogP contribution is 2.49. The highest BCUT2D eigenvalue weighted by molar-refractivity contribution is 5.87. The molecule has 0 aliphatic heterocycles. The van der Waals surface area contributed by atoms with Crippen molar-refractivity contribution in [2.45, 2.75) is 63.2 Å². The number of benzene rings is 2. The molecule has 22 heavy (non-hydrogen) atoms. The van der Waals surface area contributed by atoms with E-state index in [2.05, 4.69) is 48.5 Å². The molecular weight excluding hydrogens is 264 g/mol. The second-order valence-corrected chi connectivity index (χ2v) is 7.14. The number of rotatable bonds is 2. The second-order valence-electron chi connectivity index (χ2n) is 7.14. The topological polar surface area (TPSA) is 0 Å². The van der Waals surface area contributed by atoms with E-state index in [0.717, 1.165) is 0 Å². The maximum atomic E-state index is 2.59. The molecule has 0 bridgehead atoms. The van der Waals surface area contributed by atoms with Crippen molar-refractivity contribution < 1.29 is 0 Å². The van der Waals surface area contributed by atoms with Crippen LogP contribution in [0.15, 0.2) is 54.1 Å². The van der Waals surface area contributed by atoms with Gasteiger partial charge in [0.1, 0.15) is 0 Å². The Kier molecular flexibility index (Phi) is 3.78. The minimum absolute atomic E-state index is 0.333. The van der Waals surface area contributed by atoms with E-state index in [9.17, 15) is 0 Å². The lowest BCUT2D eigenvalue weighted by molar-refractivity contribution is 0.328. The summed E-state index contributed by atoms with van der Waals surface area (Å²) < 4.78 is 0. The van der Waals surface area contributed by atoms with Crippen LogP contribution in [-0.2, 0) is 5.41 Å². The second kappa shape index (κ2) is 5.91. The van der Waals surface area contributed by atoms with E-state index in [1.807, 2.05) is 0 Å². The van der Waals surface area contributed by atoms with Gasteiger partial charge in [-0.25, -0.2) is 0 Å². The summed E-state index contributed by atoms with van der Waals surface area (Å²) in [6.07, 6.45) is 14.9. The maximum absolute atomic E-state index is 2.59. The van der Waals surface area contributed by atoms with E-state index >= 15 is 0 Å². The lowest BCUT2D eigenvalue weighted by Crippen LogP contribution is -2.32. The lowest BCUT2D eigenvalue weighted by Gasteiger charge is -2.42. The molecule has 0 radical (unpaired) electrons. The molecule has 1 saturated carbocycles. The summed E-state index contributed by atoms with van der Waals surface area (Å²) in [4.78, 5) is 0. The number of allylic oxidation sites excluding steroid dienone is 2. The van der Waals surface area contributed by atoms with Crippen molar-refractivity contribution in [2.24, 2.45) is 0 Å². The van der Waals surface area contributed by atoms with E-state index in [1.165, 1.54) is 68.6 Å². The van der Waals surface area contributed by atoms with Gasteiger partial charge in [0.05, 0.1) is 0 Å². The Morgan fingerprint density at radius 2 is 1.55 bits per heavy atom. The molecule has 2 aliphatic carbocycles. The van der Waals surface area contributed by atoms with Gasteiger partial charge in [0.15, 0.2) is 0 Å². The molecular formula is C22H26. The highest BCUT2D eigenvalue weighted by atomic mass is 14.4. The van der Waals surface area contributed by atoms with Crippen molar-refractivity contribution in [3.63, 3.8) is 0 Å². The molecule has 0 heteroatoms. The Balaban J connectivity index is 1.91. The molecule has 4 rings (SSSR count). The van der Waals surface area contributed by atoms with Crippen LogP contribution < -0.4 is 0 Å². The molecule has 0 amide bonds. The minimum Gasteiger partial charge on any atom is -0.0844 e. The largest absolute Gasteiger partial charge is 0.0844 e. The van der Waals surface area contributed by atoms with Gasteiger partial charge in [-0.15, -0.1) is 0 Å². The third kappa shape index (κ3) is 2.29. The molecule has 0 atom stereocenters. The van der Waals surface area contributed by atoms with Gasteiger partial charge in [-0.05, 0) is 54.9 Å². The van der Waals surface area contributed by atoms with Gasteiger partial charge in [-0.3, -0.25) is 0 Å². The zero-order valence-corrected chi connectivity index (χ0v) is 13.5. The van der Waals surface area contributed by atoms with Gasteiger partial charge in [0.2, 0.25) is 0 Å². The summed E-state index contributed by atoms with van der Waals surface area (Å²) in [5.41, 5.74) is 3.70. The Hall–Kier alpha value is -1.56. The predicted molar refractivity (Wildman–Crippen MR) is 95.3 cm³/mol. The first-order valence-electron chi connectivity index (χ1n) is 9.08. The van der Waals surface area contributed by atoms with E-state index < -0.39 is 0 Å². The first-order valence-corrected chi connectivity index (χ1v) is 9.08. The number of fused-ring (bicyclic) bond motifs is 1. The van der Waals surface area contributed by atoms with Crippen LogP contribution in [0.1, 0.15) is 63.4 Å². The number of hydrogen-bond acceptors (Lipinski definition) is 0. The summed E-state index contributed by atoms with van der Waals surface area (Å²) >= 11 is 0. The van der Waals surface area contributed by atoms with E-state index in [1.54, 1.807) is 11.1 Å². The minimum atomic E-state index is 0.333. The van der Waals surface area contributed by atoms with Gasteiger partial charge in [-0.1, -0.05) is 73.4 Å². The van der Waals surface area contributed by atoms with Crippen molar-refractivity contribution in [1.29, 1.82) is 0 Å². The fourth-order valence-electron chi connectivity index (χ4n) is 4.83. The van der Waals surface area contributed by atoms with Crippen molar-refractivity contribution in [3.05, 3.63) is 59.7 Å². The standard InChI is InChI=1S/C22H26/c1-3-12-19(13-4-1)22(16-7-2-8-17-22)21-15-9-11-18-10-5-6-14-20(18)21/h5-6,9-12,14-15H,1-4,7-8,13,16-17H2. The normalized spacial score (nSPS) is 21.5. The van der Waals surface area contributed by atoms with Crippen molar-refractivity contribution in [1.82, 2.24) is 0 Å². The first-order chi connectivity index (χ1) is 10.9. The smallest absolute Gasteiger partial charge is 0.0168 e. The average Bonchev–Trinajstić information content (AvgIpc) is 2.62. The summed E-state index contributed by atoms with van der Waals surface area (Å²) in [6, 6.07) is 15.9. The van der Waals surface area contributed by atoms with Crippen LogP contribution in [0.2, 0.25) is 0 Å². The fraction of sp³-hybridized carbons (Fsp3) is 0.455. The Bertz CT molecular complexity index is 681. The third-order valence-electron chi connectivity index (χ3n) is 5.92.